The summed E-state index contributed by atoms with van der Waals surface area (Å²) in [5.74, 6) is 0.147. The standard InChI is InChI=1S/C13H15ClN2O/c1-9-7-11(8-15-12(9)14)16-13(17)10-5-3-2-4-6-10/h2-3,7-8,10H,4-6H2,1H3,(H,16,17). The second-order valence-corrected chi connectivity index (χ2v) is 4.66. The second-order valence-electron chi connectivity index (χ2n) is 4.30. The van der Waals surface area contributed by atoms with Crippen molar-refractivity contribution in [2.24, 2.45) is 5.92 Å². The first-order valence-electron chi connectivity index (χ1n) is 5.75. The average Bonchev–Trinajstić information content (AvgIpc) is 2.35. The van der Waals surface area contributed by atoms with Crippen LogP contribution in [0.2, 0.25) is 5.15 Å². The molecule has 0 saturated heterocycles. The summed E-state index contributed by atoms with van der Waals surface area (Å²) in [5, 5.41) is 3.36. The number of carbonyl (C=O) groups is 1. The lowest BCUT2D eigenvalue weighted by Crippen LogP contribution is -2.23. The molecule has 2 rings (SSSR count). The van der Waals surface area contributed by atoms with Gasteiger partial charge in [-0.2, -0.15) is 0 Å². The quantitative estimate of drug-likeness (QED) is 0.646. The molecule has 4 heteroatoms. The highest BCUT2D eigenvalue weighted by Gasteiger charge is 2.18. The van der Waals surface area contributed by atoms with Crippen molar-refractivity contribution in [3.63, 3.8) is 0 Å². The Balaban J connectivity index is 2.02. The van der Waals surface area contributed by atoms with Gasteiger partial charge in [0.25, 0.3) is 0 Å². The van der Waals surface area contributed by atoms with Gasteiger partial charge in [-0.15, -0.1) is 0 Å². The number of halogens is 1. The minimum atomic E-state index is 0.0675. The van der Waals surface area contributed by atoms with E-state index in [1.165, 1.54) is 0 Å². The van der Waals surface area contributed by atoms with Crippen LogP contribution in [-0.2, 0) is 4.79 Å². The van der Waals surface area contributed by atoms with Gasteiger partial charge in [0.05, 0.1) is 11.9 Å². The zero-order chi connectivity index (χ0) is 12.3. The number of rotatable bonds is 2. The van der Waals surface area contributed by atoms with Crippen LogP contribution < -0.4 is 5.32 Å². The Morgan fingerprint density at radius 1 is 1.53 bits per heavy atom. The zero-order valence-corrected chi connectivity index (χ0v) is 10.5. The van der Waals surface area contributed by atoms with Crippen LogP contribution in [0.4, 0.5) is 5.69 Å². The topological polar surface area (TPSA) is 42.0 Å². The van der Waals surface area contributed by atoms with Gasteiger partial charge in [-0.1, -0.05) is 23.8 Å². The van der Waals surface area contributed by atoms with Crippen LogP contribution in [0.3, 0.4) is 0 Å². The number of carbonyl (C=O) groups excluding carboxylic acids is 1. The van der Waals surface area contributed by atoms with E-state index in [1.54, 1.807) is 6.20 Å². The van der Waals surface area contributed by atoms with Gasteiger partial charge < -0.3 is 5.32 Å². The zero-order valence-electron chi connectivity index (χ0n) is 9.74. The molecule has 90 valence electrons. The van der Waals surface area contributed by atoms with Crippen molar-refractivity contribution in [2.45, 2.75) is 26.2 Å². The number of allylic oxidation sites excluding steroid dienone is 2. The Morgan fingerprint density at radius 3 is 3.00 bits per heavy atom. The first-order chi connectivity index (χ1) is 8.16. The van der Waals surface area contributed by atoms with E-state index in [2.05, 4.69) is 22.5 Å². The molecule has 0 fully saturated rings. The van der Waals surface area contributed by atoms with Crippen LogP contribution in [0.5, 0.6) is 0 Å². The van der Waals surface area contributed by atoms with E-state index in [1.807, 2.05) is 13.0 Å². The van der Waals surface area contributed by atoms with Crippen LogP contribution in [0.25, 0.3) is 0 Å². The summed E-state index contributed by atoms with van der Waals surface area (Å²) in [6, 6.07) is 1.84. The lowest BCUT2D eigenvalue weighted by Gasteiger charge is -2.17. The summed E-state index contributed by atoms with van der Waals surface area (Å²) in [5.41, 5.74) is 1.58. The molecule has 1 unspecified atom stereocenters. The molecule has 0 spiro atoms. The Bertz CT molecular complexity index is 457. The minimum absolute atomic E-state index is 0.0675. The molecule has 0 radical (unpaired) electrons. The Morgan fingerprint density at radius 2 is 2.35 bits per heavy atom. The molecular weight excluding hydrogens is 236 g/mol. The lowest BCUT2D eigenvalue weighted by molar-refractivity contribution is -0.120. The fourth-order valence-electron chi connectivity index (χ4n) is 1.90. The first-order valence-corrected chi connectivity index (χ1v) is 6.12. The Kier molecular flexibility index (Phi) is 3.79. The molecule has 3 nitrogen and oxygen atoms in total. The van der Waals surface area contributed by atoms with Gasteiger partial charge in [0.15, 0.2) is 0 Å². The number of anilines is 1. The second kappa shape index (κ2) is 5.32. The van der Waals surface area contributed by atoms with Gasteiger partial charge in [0.1, 0.15) is 5.15 Å². The first kappa shape index (κ1) is 12.1. The maximum absolute atomic E-state index is 12.0. The SMILES string of the molecule is Cc1cc(NC(=O)C2CC=CCC2)cnc1Cl. The molecule has 1 aliphatic carbocycles. The fraction of sp³-hybridized carbons (Fsp3) is 0.385. The monoisotopic (exact) mass is 250 g/mol. The molecule has 1 amide bonds. The molecule has 1 atom stereocenters. The van der Waals surface area contributed by atoms with E-state index >= 15 is 0 Å². The minimum Gasteiger partial charge on any atom is -0.324 e. The molecular formula is C13H15ClN2O. The van der Waals surface area contributed by atoms with Crippen molar-refractivity contribution in [3.8, 4) is 0 Å². The van der Waals surface area contributed by atoms with E-state index in [0.717, 1.165) is 24.8 Å². The number of aryl methyl sites for hydroxylation is 1. The summed E-state index contributed by atoms with van der Waals surface area (Å²) < 4.78 is 0. The fourth-order valence-corrected chi connectivity index (χ4v) is 2.01. The summed E-state index contributed by atoms with van der Waals surface area (Å²) >= 11 is 5.83. The molecule has 1 aromatic heterocycles. The number of pyridine rings is 1. The van der Waals surface area contributed by atoms with Gasteiger partial charge in [-0.25, -0.2) is 4.98 Å². The highest BCUT2D eigenvalue weighted by Crippen LogP contribution is 2.21. The highest BCUT2D eigenvalue weighted by molar-refractivity contribution is 6.30. The van der Waals surface area contributed by atoms with E-state index < -0.39 is 0 Å². The van der Waals surface area contributed by atoms with Crippen molar-refractivity contribution in [2.75, 3.05) is 5.32 Å². The number of hydrogen-bond donors (Lipinski definition) is 1. The van der Waals surface area contributed by atoms with Gasteiger partial charge >= 0.3 is 0 Å². The van der Waals surface area contributed by atoms with E-state index in [-0.39, 0.29) is 11.8 Å². The normalized spacial score (nSPS) is 19.1. The number of aromatic nitrogens is 1. The van der Waals surface area contributed by atoms with Gasteiger partial charge in [-0.3, -0.25) is 4.79 Å². The number of nitrogens with one attached hydrogen (secondary N) is 1. The summed E-state index contributed by atoms with van der Waals surface area (Å²) in [6.45, 7) is 1.87. The van der Waals surface area contributed by atoms with E-state index in [0.29, 0.717) is 10.8 Å². The van der Waals surface area contributed by atoms with Crippen LogP contribution in [0.15, 0.2) is 24.4 Å². The van der Waals surface area contributed by atoms with Gasteiger partial charge in [0, 0.05) is 5.92 Å². The average molecular weight is 251 g/mol. The highest BCUT2D eigenvalue weighted by atomic mass is 35.5. The third-order valence-electron chi connectivity index (χ3n) is 2.92. The molecule has 0 saturated carbocycles. The van der Waals surface area contributed by atoms with Crippen molar-refractivity contribution in [3.05, 3.63) is 35.1 Å². The molecule has 0 aromatic carbocycles. The largest absolute Gasteiger partial charge is 0.324 e. The summed E-state index contributed by atoms with van der Waals surface area (Å²) in [4.78, 5) is 16.0. The predicted octanol–water partition coefficient (Wildman–Crippen LogP) is 3.34. The number of nitrogens with zero attached hydrogens (tertiary/aromatic N) is 1. The number of amides is 1. The maximum Gasteiger partial charge on any atom is 0.227 e. The smallest absolute Gasteiger partial charge is 0.227 e. The third-order valence-corrected chi connectivity index (χ3v) is 3.32. The predicted molar refractivity (Wildman–Crippen MR) is 69.1 cm³/mol. The molecule has 17 heavy (non-hydrogen) atoms. The maximum atomic E-state index is 12.0. The molecule has 0 bridgehead atoms. The van der Waals surface area contributed by atoms with Crippen LogP contribution in [-0.4, -0.2) is 10.9 Å². The Hall–Kier alpha value is -1.35. The summed E-state index contributed by atoms with van der Waals surface area (Å²) in [6.07, 6.45) is 8.51. The third kappa shape index (κ3) is 3.07. The molecule has 1 aromatic rings. The van der Waals surface area contributed by atoms with Crippen molar-refractivity contribution in [1.82, 2.24) is 4.98 Å². The molecule has 0 aliphatic heterocycles. The molecule has 1 heterocycles. The summed E-state index contributed by atoms with van der Waals surface area (Å²) in [7, 11) is 0. The lowest BCUT2D eigenvalue weighted by atomic mass is 9.93. The van der Waals surface area contributed by atoms with Gasteiger partial charge in [-0.05, 0) is 37.8 Å². The van der Waals surface area contributed by atoms with E-state index in [9.17, 15) is 4.79 Å². The number of hydrogen-bond acceptors (Lipinski definition) is 2. The van der Waals surface area contributed by atoms with Crippen LogP contribution in [0, 0.1) is 12.8 Å². The van der Waals surface area contributed by atoms with Gasteiger partial charge in [0.2, 0.25) is 5.91 Å². The van der Waals surface area contributed by atoms with Crippen molar-refractivity contribution >= 4 is 23.2 Å². The van der Waals surface area contributed by atoms with Crippen molar-refractivity contribution < 1.29 is 4.79 Å². The van der Waals surface area contributed by atoms with Crippen LogP contribution >= 0.6 is 11.6 Å². The van der Waals surface area contributed by atoms with Crippen molar-refractivity contribution in [1.29, 1.82) is 0 Å². The Labute approximate surface area is 106 Å². The molecule has 1 N–H and O–H groups in total. The molecule has 1 aliphatic rings. The van der Waals surface area contributed by atoms with E-state index in [4.69, 9.17) is 11.6 Å². The van der Waals surface area contributed by atoms with Crippen LogP contribution in [0.1, 0.15) is 24.8 Å².